The minimum Gasteiger partial charge on any atom is -0.398 e. The van der Waals surface area contributed by atoms with Gasteiger partial charge in [-0.2, -0.15) is 0 Å². The zero-order valence-corrected chi connectivity index (χ0v) is 14.6. The molecule has 1 heterocycles. The molecule has 3 rings (SSSR count). The number of nitrogens with zero attached hydrogens (tertiary/aromatic N) is 1. The molecule has 2 aromatic rings. The third-order valence-corrected chi connectivity index (χ3v) is 4.64. The Bertz CT molecular complexity index is 905. The second kappa shape index (κ2) is 7.48. The van der Waals surface area contributed by atoms with Crippen molar-refractivity contribution in [2.24, 2.45) is 10.7 Å². The van der Waals surface area contributed by atoms with Crippen molar-refractivity contribution in [3.05, 3.63) is 58.9 Å². The molecular weight excluding hydrogens is 349 g/mol. The fourth-order valence-electron chi connectivity index (χ4n) is 3.24. The highest BCUT2D eigenvalue weighted by Gasteiger charge is 2.35. The number of hydrogen-bond acceptors (Lipinski definition) is 4. The lowest BCUT2D eigenvalue weighted by molar-refractivity contribution is 0.100. The molecule has 0 aromatic heterocycles. The van der Waals surface area contributed by atoms with Crippen LogP contribution < -0.4 is 16.8 Å². The van der Waals surface area contributed by atoms with Gasteiger partial charge in [0.25, 0.3) is 5.91 Å². The van der Waals surface area contributed by atoms with Crippen molar-refractivity contribution in [3.8, 4) is 0 Å². The number of para-hydroxylation sites is 1. The molecule has 0 saturated carbocycles. The first-order chi connectivity index (χ1) is 12.8. The van der Waals surface area contributed by atoms with Gasteiger partial charge in [-0.05, 0) is 42.0 Å². The Morgan fingerprint density at radius 1 is 1.37 bits per heavy atom. The maximum atomic E-state index is 14.6. The highest BCUT2D eigenvalue weighted by Crippen LogP contribution is 2.32. The molecule has 1 aliphatic heterocycles. The van der Waals surface area contributed by atoms with Crippen molar-refractivity contribution in [1.29, 1.82) is 0 Å². The van der Waals surface area contributed by atoms with Crippen LogP contribution in [0.1, 0.15) is 27.9 Å². The number of carbonyl (C=O) groups is 1. The van der Waals surface area contributed by atoms with Crippen molar-refractivity contribution in [2.75, 3.05) is 18.8 Å². The summed E-state index contributed by atoms with van der Waals surface area (Å²) in [6.45, 7) is 0.512. The number of benzene rings is 2. The minimum atomic E-state index is -1.12. The van der Waals surface area contributed by atoms with Crippen LogP contribution in [0.5, 0.6) is 0 Å². The molecule has 0 aliphatic carbocycles. The second-order valence-electron chi connectivity index (χ2n) is 6.68. The Balaban J connectivity index is 1.86. The first-order valence-electron chi connectivity index (χ1n) is 8.46. The van der Waals surface area contributed by atoms with Gasteiger partial charge in [-0.25, -0.2) is 8.78 Å². The second-order valence-corrected chi connectivity index (χ2v) is 6.68. The highest BCUT2D eigenvalue weighted by atomic mass is 19.1. The Hall–Kier alpha value is -2.74. The Morgan fingerprint density at radius 3 is 2.81 bits per heavy atom. The lowest BCUT2D eigenvalue weighted by Crippen LogP contribution is -2.49. The van der Waals surface area contributed by atoms with E-state index in [1.165, 1.54) is 24.4 Å². The van der Waals surface area contributed by atoms with Crippen LogP contribution in [0.25, 0.3) is 0 Å². The number of nitrogen functional groups attached to an aromatic ring is 1. The summed E-state index contributed by atoms with van der Waals surface area (Å²) in [5.41, 5.74) is 12.6. The van der Waals surface area contributed by atoms with E-state index in [2.05, 4.69) is 10.3 Å². The molecule has 1 fully saturated rings. The van der Waals surface area contributed by atoms with Crippen molar-refractivity contribution in [2.45, 2.75) is 17.9 Å². The summed E-state index contributed by atoms with van der Waals surface area (Å²) in [5, 5.41) is 1.78. The molecular formula is C19H19BF2N4O. The lowest BCUT2D eigenvalue weighted by atomic mass is 9.60. The normalized spacial score (nSPS) is 22.8. The fraction of sp³-hybridized carbons (Fsp3) is 0.263. The number of primary amides is 1. The minimum absolute atomic E-state index is 0.0516. The van der Waals surface area contributed by atoms with Crippen LogP contribution in [0, 0.1) is 5.82 Å². The summed E-state index contributed by atoms with van der Waals surface area (Å²) < 4.78 is 28.3. The number of halogens is 2. The number of carbonyl (C=O) groups excluding carboxylic acids is 1. The van der Waals surface area contributed by atoms with E-state index < -0.39 is 23.2 Å². The molecule has 1 saturated heterocycles. The molecule has 2 radical (unpaired) electrons. The third kappa shape index (κ3) is 4.00. The van der Waals surface area contributed by atoms with E-state index in [0.717, 1.165) is 0 Å². The number of rotatable bonds is 4. The largest absolute Gasteiger partial charge is 0.398 e. The summed E-state index contributed by atoms with van der Waals surface area (Å²) in [6.07, 6.45) is 0.353. The quantitative estimate of drug-likeness (QED) is 0.438. The zero-order valence-electron chi connectivity index (χ0n) is 14.6. The summed E-state index contributed by atoms with van der Waals surface area (Å²) >= 11 is 0. The first-order valence-corrected chi connectivity index (χ1v) is 8.46. The van der Waals surface area contributed by atoms with Crippen LogP contribution in [0.15, 0.2) is 41.4 Å². The summed E-state index contributed by atoms with van der Waals surface area (Å²) in [6, 6.07) is 9.16. The molecule has 8 heteroatoms. The van der Waals surface area contributed by atoms with Gasteiger partial charge in [-0.1, -0.05) is 18.2 Å². The van der Waals surface area contributed by atoms with E-state index >= 15 is 0 Å². The maximum Gasteiger partial charge on any atom is 0.250 e. The van der Waals surface area contributed by atoms with Crippen molar-refractivity contribution in [1.82, 2.24) is 5.32 Å². The molecule has 2 aromatic carbocycles. The van der Waals surface area contributed by atoms with E-state index in [1.54, 1.807) is 18.2 Å². The van der Waals surface area contributed by atoms with Gasteiger partial charge >= 0.3 is 0 Å². The average molecular weight is 368 g/mol. The zero-order chi connectivity index (χ0) is 19.6. The lowest BCUT2D eigenvalue weighted by Gasteiger charge is -2.37. The smallest absolute Gasteiger partial charge is 0.250 e. The molecule has 5 nitrogen and oxygen atoms in total. The molecule has 2 unspecified atom stereocenters. The fourth-order valence-corrected chi connectivity index (χ4v) is 3.24. The third-order valence-electron chi connectivity index (χ3n) is 4.64. The summed E-state index contributed by atoms with van der Waals surface area (Å²) in [4.78, 5) is 15.5. The molecule has 0 spiro atoms. The number of hydrogen-bond donors (Lipinski definition) is 3. The van der Waals surface area contributed by atoms with Crippen LogP contribution >= 0.6 is 0 Å². The van der Waals surface area contributed by atoms with Gasteiger partial charge < -0.3 is 16.8 Å². The van der Waals surface area contributed by atoms with Gasteiger partial charge in [0.1, 0.15) is 12.0 Å². The van der Waals surface area contributed by atoms with Crippen LogP contribution in [0.4, 0.5) is 20.2 Å². The highest BCUT2D eigenvalue weighted by molar-refractivity contribution is 6.16. The average Bonchev–Trinajstić information content (AvgIpc) is 2.60. The van der Waals surface area contributed by atoms with Crippen LogP contribution in [0.3, 0.4) is 0 Å². The van der Waals surface area contributed by atoms with Gasteiger partial charge in [0, 0.05) is 18.3 Å². The van der Waals surface area contributed by atoms with E-state index in [-0.39, 0.29) is 29.8 Å². The van der Waals surface area contributed by atoms with E-state index in [4.69, 9.17) is 19.3 Å². The van der Waals surface area contributed by atoms with Crippen LogP contribution in [-0.4, -0.2) is 39.2 Å². The molecule has 27 heavy (non-hydrogen) atoms. The van der Waals surface area contributed by atoms with E-state index in [1.807, 2.05) is 0 Å². The standard InChI is InChI=1S/C19H19BF2N4O/c20-19(7-12(21)9-25-10-19)15-5-4-13(6-16(15)22)26-8-11-2-1-3-14(17(11)23)18(24)27/h1-6,8,12,25H,7,9-10,23H2,(H2,24,27). The Labute approximate surface area is 157 Å². The number of nitrogens with two attached hydrogens (primary N) is 2. The van der Waals surface area contributed by atoms with Gasteiger partial charge in [0.2, 0.25) is 0 Å². The Kier molecular flexibility index (Phi) is 5.27. The molecule has 0 bridgehead atoms. The monoisotopic (exact) mass is 368 g/mol. The van der Waals surface area contributed by atoms with Gasteiger partial charge in [-0.3, -0.25) is 9.79 Å². The predicted molar refractivity (Wildman–Crippen MR) is 103 cm³/mol. The number of piperidine rings is 1. The van der Waals surface area contributed by atoms with Crippen LogP contribution in [-0.2, 0) is 5.31 Å². The Morgan fingerprint density at radius 2 is 2.15 bits per heavy atom. The number of nitrogens with one attached hydrogen (secondary N) is 1. The SMILES string of the molecule is [B]C1(c2ccc(N=Cc3cccc(C(N)=O)c3N)cc2F)CNCC(F)C1. The topological polar surface area (TPSA) is 93.5 Å². The first kappa shape index (κ1) is 19.0. The number of anilines is 1. The van der Waals surface area contributed by atoms with Gasteiger partial charge in [-0.15, -0.1) is 0 Å². The van der Waals surface area contributed by atoms with Gasteiger partial charge in [0.05, 0.1) is 24.8 Å². The summed E-state index contributed by atoms with van der Waals surface area (Å²) in [7, 11) is 6.21. The van der Waals surface area contributed by atoms with Crippen molar-refractivity contribution in [3.63, 3.8) is 0 Å². The van der Waals surface area contributed by atoms with E-state index in [0.29, 0.717) is 17.8 Å². The molecule has 1 aliphatic rings. The number of amides is 1. The molecule has 2 atom stereocenters. The predicted octanol–water partition coefficient (Wildman–Crippen LogP) is 1.95. The molecule has 138 valence electrons. The molecule has 1 amide bonds. The van der Waals surface area contributed by atoms with Gasteiger partial charge in [0.15, 0.2) is 0 Å². The maximum absolute atomic E-state index is 14.6. The molecule has 5 N–H and O–H groups in total. The van der Waals surface area contributed by atoms with Crippen LogP contribution in [0.2, 0.25) is 0 Å². The number of alkyl halides is 1. The summed E-state index contributed by atoms with van der Waals surface area (Å²) in [5.74, 6) is -1.19. The number of aliphatic imine (C=N–C) groups is 1. The van der Waals surface area contributed by atoms with Crippen molar-refractivity contribution >= 4 is 31.3 Å². The van der Waals surface area contributed by atoms with E-state index in [9.17, 15) is 13.6 Å². The van der Waals surface area contributed by atoms with Crippen molar-refractivity contribution < 1.29 is 13.6 Å².